The highest BCUT2D eigenvalue weighted by atomic mass is 16.5. The van der Waals surface area contributed by atoms with Crippen molar-refractivity contribution in [3.05, 3.63) is 0 Å². The Morgan fingerprint density at radius 3 is 2.69 bits per heavy atom. The fraction of sp³-hybridized carbons (Fsp3) is 0.923. The molecular weight excluding hydrogens is 200 g/mol. The average Bonchev–Trinajstić information content (AvgIpc) is 2.99. The summed E-state index contributed by atoms with van der Waals surface area (Å²) in [6.45, 7) is 5.49. The zero-order valence-corrected chi connectivity index (χ0v) is 10.5. The third-order valence-electron chi connectivity index (χ3n) is 4.20. The van der Waals surface area contributed by atoms with Gasteiger partial charge in [-0.05, 0) is 44.6 Å². The van der Waals surface area contributed by atoms with Crippen LogP contribution in [0.4, 0.5) is 0 Å². The van der Waals surface area contributed by atoms with Crippen molar-refractivity contribution in [1.29, 1.82) is 5.26 Å². The van der Waals surface area contributed by atoms with E-state index in [1.54, 1.807) is 0 Å². The van der Waals surface area contributed by atoms with Gasteiger partial charge in [-0.1, -0.05) is 0 Å². The number of hydrogen-bond acceptors (Lipinski definition) is 3. The van der Waals surface area contributed by atoms with Crippen LogP contribution in [-0.4, -0.2) is 37.2 Å². The quantitative estimate of drug-likeness (QED) is 0.731. The van der Waals surface area contributed by atoms with Crippen LogP contribution >= 0.6 is 0 Å². The second kappa shape index (κ2) is 4.35. The van der Waals surface area contributed by atoms with Crippen molar-refractivity contribution in [2.45, 2.75) is 44.6 Å². The molecule has 3 nitrogen and oxygen atoms in total. The van der Waals surface area contributed by atoms with Crippen LogP contribution in [0.5, 0.6) is 0 Å². The van der Waals surface area contributed by atoms with E-state index in [-0.39, 0.29) is 5.60 Å². The lowest BCUT2D eigenvalue weighted by Crippen LogP contribution is -2.48. The van der Waals surface area contributed by atoms with Gasteiger partial charge in [-0.15, -0.1) is 0 Å². The maximum atomic E-state index is 8.83. The largest absolute Gasteiger partial charge is 0.377 e. The van der Waals surface area contributed by atoms with Crippen molar-refractivity contribution in [1.82, 2.24) is 4.90 Å². The first-order valence-corrected chi connectivity index (χ1v) is 6.26. The van der Waals surface area contributed by atoms with Gasteiger partial charge < -0.3 is 4.74 Å². The number of rotatable bonds is 4. The number of ether oxygens (including phenoxy) is 1. The van der Waals surface area contributed by atoms with Gasteiger partial charge >= 0.3 is 0 Å². The Morgan fingerprint density at radius 2 is 2.12 bits per heavy atom. The Hall–Kier alpha value is -0.590. The highest BCUT2D eigenvalue weighted by molar-refractivity contribution is 5.02. The molecular formula is C13H22N2O. The predicted octanol–water partition coefficient (Wildman–Crippen LogP) is 2.18. The van der Waals surface area contributed by atoms with Crippen molar-refractivity contribution < 1.29 is 4.74 Å². The molecule has 0 aromatic carbocycles. The molecule has 0 spiro atoms. The lowest BCUT2D eigenvalue weighted by molar-refractivity contribution is -0.0545. The van der Waals surface area contributed by atoms with Crippen LogP contribution in [0.1, 0.15) is 39.0 Å². The Morgan fingerprint density at radius 1 is 1.38 bits per heavy atom. The molecule has 0 bridgehead atoms. The summed E-state index contributed by atoms with van der Waals surface area (Å²) < 4.78 is 5.60. The lowest BCUT2D eigenvalue weighted by atomic mass is 9.93. The van der Waals surface area contributed by atoms with Crippen molar-refractivity contribution in [3.63, 3.8) is 0 Å². The van der Waals surface area contributed by atoms with Gasteiger partial charge in [-0.25, -0.2) is 0 Å². The first kappa shape index (κ1) is 11.9. The van der Waals surface area contributed by atoms with E-state index in [0.717, 1.165) is 25.9 Å². The Labute approximate surface area is 98.4 Å². The number of hydrogen-bond donors (Lipinski definition) is 0. The molecule has 2 fully saturated rings. The molecule has 2 aliphatic rings. The van der Waals surface area contributed by atoms with E-state index in [9.17, 15) is 0 Å². The van der Waals surface area contributed by atoms with E-state index in [1.165, 1.54) is 25.8 Å². The third-order valence-corrected chi connectivity index (χ3v) is 4.20. The molecule has 1 saturated heterocycles. The Kier molecular flexibility index (Phi) is 3.23. The van der Waals surface area contributed by atoms with Gasteiger partial charge in [0.2, 0.25) is 0 Å². The van der Waals surface area contributed by atoms with Crippen LogP contribution in [0.3, 0.4) is 0 Å². The van der Waals surface area contributed by atoms with E-state index < -0.39 is 0 Å². The molecule has 0 amide bonds. The third kappa shape index (κ3) is 2.56. The van der Waals surface area contributed by atoms with E-state index in [0.29, 0.717) is 5.41 Å². The maximum Gasteiger partial charge on any atom is 0.0777 e. The van der Waals surface area contributed by atoms with Crippen molar-refractivity contribution >= 4 is 0 Å². The van der Waals surface area contributed by atoms with Gasteiger partial charge in [0.1, 0.15) is 0 Å². The van der Waals surface area contributed by atoms with Crippen LogP contribution in [-0.2, 0) is 4.74 Å². The second-order valence-electron chi connectivity index (χ2n) is 5.80. The monoisotopic (exact) mass is 222 g/mol. The Bertz CT molecular complexity index is 293. The first-order valence-electron chi connectivity index (χ1n) is 6.26. The molecule has 1 aliphatic heterocycles. The fourth-order valence-corrected chi connectivity index (χ4v) is 2.82. The molecule has 1 atom stereocenters. The zero-order valence-electron chi connectivity index (χ0n) is 10.5. The smallest absolute Gasteiger partial charge is 0.0777 e. The standard InChI is InChI=1S/C13H22N2O/c1-12(16-2)4-3-9-15(10-12)11-13(5-6-13)7-8-14/h3-7,9-11H2,1-2H3. The number of methoxy groups -OCH3 is 1. The normalized spacial score (nSPS) is 33.3. The maximum absolute atomic E-state index is 8.83. The van der Waals surface area contributed by atoms with Gasteiger partial charge in [0.15, 0.2) is 0 Å². The van der Waals surface area contributed by atoms with Crippen molar-refractivity contribution in [3.8, 4) is 6.07 Å². The van der Waals surface area contributed by atoms with Crippen LogP contribution in [0, 0.1) is 16.7 Å². The summed E-state index contributed by atoms with van der Waals surface area (Å²) in [5.74, 6) is 0. The highest BCUT2D eigenvalue weighted by Crippen LogP contribution is 2.49. The minimum atomic E-state index is 0.0287. The predicted molar refractivity (Wildman–Crippen MR) is 63.0 cm³/mol. The van der Waals surface area contributed by atoms with E-state index in [4.69, 9.17) is 10.00 Å². The highest BCUT2D eigenvalue weighted by Gasteiger charge is 2.45. The van der Waals surface area contributed by atoms with Crippen molar-refractivity contribution in [2.24, 2.45) is 5.41 Å². The van der Waals surface area contributed by atoms with Crippen LogP contribution in [0.25, 0.3) is 0 Å². The molecule has 1 heterocycles. The fourth-order valence-electron chi connectivity index (χ4n) is 2.82. The van der Waals surface area contributed by atoms with Crippen molar-refractivity contribution in [2.75, 3.05) is 26.7 Å². The van der Waals surface area contributed by atoms with Crippen LogP contribution in [0.2, 0.25) is 0 Å². The topological polar surface area (TPSA) is 36.3 Å². The van der Waals surface area contributed by atoms with Gasteiger partial charge in [-0.2, -0.15) is 5.26 Å². The van der Waals surface area contributed by atoms with Gasteiger partial charge in [0, 0.05) is 26.6 Å². The van der Waals surface area contributed by atoms with E-state index in [1.807, 2.05) is 7.11 Å². The molecule has 1 saturated carbocycles. The molecule has 0 radical (unpaired) electrons. The lowest BCUT2D eigenvalue weighted by Gasteiger charge is -2.40. The molecule has 1 unspecified atom stereocenters. The summed E-state index contributed by atoms with van der Waals surface area (Å²) in [5.41, 5.74) is 0.363. The molecule has 2 rings (SSSR count). The Balaban J connectivity index is 1.89. The summed E-state index contributed by atoms with van der Waals surface area (Å²) >= 11 is 0. The molecule has 3 heteroatoms. The summed E-state index contributed by atoms with van der Waals surface area (Å²) in [7, 11) is 1.81. The minimum absolute atomic E-state index is 0.0287. The number of nitrogens with zero attached hydrogens (tertiary/aromatic N) is 2. The molecule has 1 aliphatic carbocycles. The van der Waals surface area contributed by atoms with E-state index >= 15 is 0 Å². The van der Waals surface area contributed by atoms with Crippen LogP contribution in [0.15, 0.2) is 0 Å². The summed E-state index contributed by atoms with van der Waals surface area (Å²) in [6.07, 6.45) is 5.58. The van der Waals surface area contributed by atoms with Gasteiger partial charge in [0.05, 0.1) is 11.7 Å². The molecule has 0 N–H and O–H groups in total. The number of piperidine rings is 1. The van der Waals surface area contributed by atoms with Gasteiger partial charge in [-0.3, -0.25) is 4.90 Å². The minimum Gasteiger partial charge on any atom is -0.377 e. The SMILES string of the molecule is COC1(C)CCCN(CC2(CC#N)CC2)C1. The summed E-state index contributed by atoms with van der Waals surface area (Å²) in [5, 5.41) is 8.83. The number of nitriles is 1. The molecule has 0 aromatic rings. The molecule has 0 aromatic heterocycles. The zero-order chi connectivity index (χ0) is 11.6. The van der Waals surface area contributed by atoms with E-state index in [2.05, 4.69) is 17.9 Å². The molecule has 16 heavy (non-hydrogen) atoms. The van der Waals surface area contributed by atoms with Crippen LogP contribution < -0.4 is 0 Å². The number of likely N-dealkylation sites (tertiary alicyclic amines) is 1. The average molecular weight is 222 g/mol. The first-order chi connectivity index (χ1) is 7.61. The second-order valence-corrected chi connectivity index (χ2v) is 5.80. The van der Waals surface area contributed by atoms with Gasteiger partial charge in [0.25, 0.3) is 0 Å². The molecule has 90 valence electrons. The summed E-state index contributed by atoms with van der Waals surface area (Å²) in [6, 6.07) is 2.34. The summed E-state index contributed by atoms with van der Waals surface area (Å²) in [4.78, 5) is 2.50.